The first-order chi connectivity index (χ1) is 15.3. The summed E-state index contributed by atoms with van der Waals surface area (Å²) in [5, 5.41) is 21.4. The Morgan fingerprint density at radius 3 is 2.50 bits per heavy atom. The highest BCUT2D eigenvalue weighted by Gasteiger charge is 2.15. The van der Waals surface area contributed by atoms with Gasteiger partial charge in [0.15, 0.2) is 26.6 Å². The molecule has 13 heteroatoms. The number of hydrogen-bond acceptors (Lipinski definition) is 9. The first-order valence-electron chi connectivity index (χ1n) is 9.29. The van der Waals surface area contributed by atoms with Gasteiger partial charge in [-0.1, -0.05) is 35.5 Å². The Balaban J connectivity index is 1.43. The number of aromatic nitrogens is 7. The van der Waals surface area contributed by atoms with Crippen LogP contribution in [0.5, 0.6) is 5.75 Å². The van der Waals surface area contributed by atoms with E-state index >= 15 is 0 Å². The van der Waals surface area contributed by atoms with Gasteiger partial charge in [-0.3, -0.25) is 0 Å². The molecule has 166 valence electrons. The minimum Gasteiger partial charge on any atom is -0.484 e. The molecule has 0 aliphatic heterocycles. The first-order valence-corrected chi connectivity index (χ1v) is 12.5. The van der Waals surface area contributed by atoms with Crippen molar-refractivity contribution < 1.29 is 13.2 Å². The minimum atomic E-state index is -3.27. The molecule has 0 amide bonds. The maximum atomic E-state index is 11.7. The van der Waals surface area contributed by atoms with Crippen molar-refractivity contribution in [1.82, 2.24) is 35.0 Å². The number of benzene rings is 2. The molecule has 0 N–H and O–H groups in total. The monoisotopic (exact) mass is 491 g/mol. The molecule has 10 nitrogen and oxygen atoms in total. The fourth-order valence-corrected chi connectivity index (χ4v) is 4.42. The van der Waals surface area contributed by atoms with Crippen LogP contribution in [0.2, 0.25) is 5.02 Å². The number of tetrazole rings is 1. The molecule has 2 aromatic carbocycles. The van der Waals surface area contributed by atoms with Crippen molar-refractivity contribution in [2.45, 2.75) is 22.4 Å². The molecule has 2 aromatic heterocycles. The van der Waals surface area contributed by atoms with Crippen LogP contribution in [-0.2, 0) is 29.2 Å². The number of hydrogen-bond donors (Lipinski definition) is 0. The van der Waals surface area contributed by atoms with Gasteiger partial charge in [-0.25, -0.2) is 8.42 Å². The molecule has 0 radical (unpaired) electrons. The highest BCUT2D eigenvalue weighted by molar-refractivity contribution is 7.98. The molecule has 0 fully saturated rings. The highest BCUT2D eigenvalue weighted by Crippen LogP contribution is 2.25. The molecule has 32 heavy (non-hydrogen) atoms. The minimum absolute atomic E-state index is 0.220. The van der Waals surface area contributed by atoms with Gasteiger partial charge in [-0.05, 0) is 46.8 Å². The summed E-state index contributed by atoms with van der Waals surface area (Å²) in [7, 11) is -1.43. The lowest BCUT2D eigenvalue weighted by Gasteiger charge is -2.08. The van der Waals surface area contributed by atoms with Crippen LogP contribution in [0.25, 0.3) is 5.69 Å². The van der Waals surface area contributed by atoms with Gasteiger partial charge >= 0.3 is 0 Å². The van der Waals surface area contributed by atoms with E-state index in [1.165, 1.54) is 23.9 Å². The topological polar surface area (TPSA) is 118 Å². The van der Waals surface area contributed by atoms with Crippen LogP contribution in [0.15, 0.2) is 58.6 Å². The Morgan fingerprint density at radius 1 is 1.03 bits per heavy atom. The predicted molar refractivity (Wildman–Crippen MR) is 119 cm³/mol. The molecule has 0 aliphatic rings. The summed E-state index contributed by atoms with van der Waals surface area (Å²) in [5.41, 5.74) is 0.657. The van der Waals surface area contributed by atoms with Crippen LogP contribution in [0.3, 0.4) is 0 Å². The summed E-state index contributed by atoms with van der Waals surface area (Å²) in [4.78, 5) is 0.232. The molecule has 4 aromatic rings. The van der Waals surface area contributed by atoms with E-state index in [-0.39, 0.29) is 11.5 Å². The molecule has 4 rings (SSSR count). The van der Waals surface area contributed by atoms with E-state index in [2.05, 4.69) is 25.7 Å². The Morgan fingerprint density at radius 2 is 1.78 bits per heavy atom. The highest BCUT2D eigenvalue weighted by atomic mass is 35.5. The number of halogens is 1. The van der Waals surface area contributed by atoms with Gasteiger partial charge in [0.2, 0.25) is 0 Å². The smallest absolute Gasteiger partial charge is 0.191 e. The van der Waals surface area contributed by atoms with Gasteiger partial charge in [0, 0.05) is 13.3 Å². The van der Waals surface area contributed by atoms with E-state index in [1.807, 2.05) is 23.7 Å². The van der Waals surface area contributed by atoms with Crippen molar-refractivity contribution in [1.29, 1.82) is 0 Å². The molecule has 0 spiro atoms. The average Bonchev–Trinajstić information content (AvgIpc) is 3.38. The fourth-order valence-electron chi connectivity index (χ4n) is 2.76. The number of ether oxygens (including phenoxy) is 1. The van der Waals surface area contributed by atoms with Crippen LogP contribution in [-0.4, -0.2) is 49.6 Å². The second-order valence-electron chi connectivity index (χ2n) is 6.74. The summed E-state index contributed by atoms with van der Waals surface area (Å²) >= 11 is 7.53. The number of para-hydroxylation sites is 1. The van der Waals surface area contributed by atoms with Crippen LogP contribution >= 0.6 is 23.4 Å². The van der Waals surface area contributed by atoms with E-state index in [4.69, 9.17) is 16.3 Å². The van der Waals surface area contributed by atoms with E-state index in [0.717, 1.165) is 6.26 Å². The van der Waals surface area contributed by atoms with Crippen molar-refractivity contribution in [2.75, 3.05) is 6.26 Å². The first kappa shape index (κ1) is 22.2. The van der Waals surface area contributed by atoms with Gasteiger partial charge in [0.1, 0.15) is 12.4 Å². The van der Waals surface area contributed by atoms with Gasteiger partial charge in [-0.15, -0.1) is 15.3 Å². The zero-order chi connectivity index (χ0) is 22.7. The van der Waals surface area contributed by atoms with E-state index < -0.39 is 9.84 Å². The normalized spacial score (nSPS) is 11.6. The lowest BCUT2D eigenvalue weighted by Crippen LogP contribution is -2.05. The predicted octanol–water partition coefficient (Wildman–Crippen LogP) is 2.72. The largest absolute Gasteiger partial charge is 0.484 e. The molecular formula is C19H18ClN7O3S2. The summed E-state index contributed by atoms with van der Waals surface area (Å²) in [6.07, 6.45) is 1.16. The quantitative estimate of drug-likeness (QED) is 0.343. The zero-order valence-corrected chi connectivity index (χ0v) is 19.5. The Hall–Kier alpha value is -2.96. The Bertz CT molecular complexity index is 1340. The maximum absolute atomic E-state index is 11.7. The molecule has 0 bridgehead atoms. The van der Waals surface area contributed by atoms with E-state index in [9.17, 15) is 8.42 Å². The number of thioether (sulfide) groups is 1. The lowest BCUT2D eigenvalue weighted by molar-refractivity contribution is 0.290. The van der Waals surface area contributed by atoms with Crippen molar-refractivity contribution in [3.8, 4) is 11.4 Å². The van der Waals surface area contributed by atoms with E-state index in [0.29, 0.717) is 39.0 Å². The van der Waals surface area contributed by atoms with E-state index in [1.54, 1.807) is 28.9 Å². The second-order valence-corrected chi connectivity index (χ2v) is 10.1. The lowest BCUT2D eigenvalue weighted by atomic mass is 10.3. The van der Waals surface area contributed by atoms with Crippen molar-refractivity contribution in [2.24, 2.45) is 7.05 Å². The van der Waals surface area contributed by atoms with Gasteiger partial charge in [0.25, 0.3) is 0 Å². The third-order valence-corrected chi connectivity index (χ3v) is 6.95. The van der Waals surface area contributed by atoms with Crippen LogP contribution in [0.4, 0.5) is 0 Å². The van der Waals surface area contributed by atoms with Gasteiger partial charge in [0.05, 0.1) is 21.4 Å². The molecular weight excluding hydrogens is 474 g/mol. The number of nitrogens with zero attached hydrogens (tertiary/aromatic N) is 7. The van der Waals surface area contributed by atoms with Crippen molar-refractivity contribution >= 4 is 33.2 Å². The molecule has 0 saturated carbocycles. The van der Waals surface area contributed by atoms with Crippen LogP contribution < -0.4 is 4.74 Å². The third kappa shape index (κ3) is 4.92. The van der Waals surface area contributed by atoms with Gasteiger partial charge < -0.3 is 9.30 Å². The summed E-state index contributed by atoms with van der Waals surface area (Å²) in [6.45, 7) is 0.220. The SMILES string of the molecule is Cn1c(COc2ccccc2Cl)nnc1SCc1nnnn1-c1ccc(S(C)(=O)=O)cc1. The standard InChI is InChI=1S/C19H18ClN7O3S2/c1-26-17(11-30-16-6-4-3-5-15(16)20)21-23-19(26)31-12-18-22-24-25-27(18)13-7-9-14(10-8-13)32(2,28)29/h3-10H,11-12H2,1-2H3. The Kier molecular flexibility index (Phi) is 6.44. The van der Waals surface area contributed by atoms with Crippen molar-refractivity contribution in [3.63, 3.8) is 0 Å². The molecule has 0 saturated heterocycles. The number of rotatable bonds is 8. The summed E-state index contributed by atoms with van der Waals surface area (Å²) < 4.78 is 32.4. The zero-order valence-electron chi connectivity index (χ0n) is 17.1. The third-order valence-electron chi connectivity index (χ3n) is 4.49. The summed E-state index contributed by atoms with van der Waals surface area (Å²) in [5.74, 6) is 2.23. The number of sulfone groups is 1. The maximum Gasteiger partial charge on any atom is 0.191 e. The van der Waals surface area contributed by atoms with Crippen LogP contribution in [0, 0.1) is 0 Å². The van der Waals surface area contributed by atoms with Crippen molar-refractivity contribution in [3.05, 3.63) is 65.2 Å². The second kappa shape index (κ2) is 9.27. The molecule has 0 unspecified atom stereocenters. The molecule has 0 aliphatic carbocycles. The summed E-state index contributed by atoms with van der Waals surface area (Å²) in [6, 6.07) is 13.6. The molecule has 0 atom stereocenters. The Labute approximate surface area is 193 Å². The van der Waals surface area contributed by atoms with Crippen LogP contribution in [0.1, 0.15) is 11.6 Å². The van der Waals surface area contributed by atoms with Gasteiger partial charge in [-0.2, -0.15) is 4.68 Å². The fraction of sp³-hybridized carbons (Fsp3) is 0.211. The average molecular weight is 492 g/mol. The molecule has 2 heterocycles.